The first kappa shape index (κ1) is 10.6. The van der Waals surface area contributed by atoms with Gasteiger partial charge < -0.3 is 4.74 Å². The molecule has 0 N–H and O–H groups in total. The van der Waals surface area contributed by atoms with E-state index in [1.807, 2.05) is 0 Å². The average molecular weight is 201 g/mol. The number of pyridine rings is 1. The van der Waals surface area contributed by atoms with Crippen LogP contribution in [0.5, 0.6) is 5.88 Å². The molecule has 3 nitrogen and oxygen atoms in total. The van der Waals surface area contributed by atoms with Crippen LogP contribution in [0.15, 0.2) is 6.07 Å². The number of halogens is 2. The molecule has 1 rings (SSSR count). The summed E-state index contributed by atoms with van der Waals surface area (Å²) in [5, 5.41) is 0. The van der Waals surface area contributed by atoms with Gasteiger partial charge in [-0.1, -0.05) is 0 Å². The fourth-order valence-electron chi connectivity index (χ4n) is 1.11. The van der Waals surface area contributed by atoms with Gasteiger partial charge in [-0.05, 0) is 13.0 Å². The normalized spacial score (nSPS) is 10.4. The van der Waals surface area contributed by atoms with E-state index in [-0.39, 0.29) is 17.1 Å². The number of hydrogen-bond donors (Lipinski definition) is 0. The largest absolute Gasteiger partial charge is 0.481 e. The van der Waals surface area contributed by atoms with Gasteiger partial charge in [0.1, 0.15) is 5.69 Å². The van der Waals surface area contributed by atoms with E-state index in [0.29, 0.717) is 11.8 Å². The Bertz CT molecular complexity index is 353. The molecule has 0 aliphatic carbocycles. The summed E-state index contributed by atoms with van der Waals surface area (Å²) in [6.45, 7) is 1.59. The molecular formula is C9H9F2NO2. The lowest BCUT2D eigenvalue weighted by Gasteiger charge is -2.08. The minimum absolute atomic E-state index is 0.191. The van der Waals surface area contributed by atoms with Gasteiger partial charge in [0.2, 0.25) is 5.88 Å². The Hall–Kier alpha value is -1.52. The van der Waals surface area contributed by atoms with Gasteiger partial charge in [0.15, 0.2) is 6.29 Å². The quantitative estimate of drug-likeness (QED) is 0.703. The Morgan fingerprint density at radius 2 is 2.21 bits per heavy atom. The second kappa shape index (κ2) is 4.13. The zero-order chi connectivity index (χ0) is 10.7. The lowest BCUT2D eigenvalue weighted by atomic mass is 10.1. The van der Waals surface area contributed by atoms with Crippen molar-refractivity contribution in [3.63, 3.8) is 0 Å². The highest BCUT2D eigenvalue weighted by molar-refractivity contribution is 5.75. The number of hydrogen-bond acceptors (Lipinski definition) is 3. The summed E-state index contributed by atoms with van der Waals surface area (Å²) in [6.07, 6.45) is -2.41. The maximum absolute atomic E-state index is 12.4. The number of aldehydes is 1. The fraction of sp³-hybridized carbons (Fsp3) is 0.333. The van der Waals surface area contributed by atoms with Crippen LogP contribution in [0.4, 0.5) is 8.78 Å². The van der Waals surface area contributed by atoms with Crippen LogP contribution in [0, 0.1) is 6.92 Å². The first-order valence-corrected chi connectivity index (χ1v) is 3.89. The standard InChI is InChI=1S/C9H9F2NO2/c1-5-3-6(8(10)11)7(4-13)12-9(5)14-2/h3-4,8H,1-2H3. The summed E-state index contributed by atoms with van der Waals surface area (Å²) in [5.41, 5.74) is -0.158. The van der Waals surface area contributed by atoms with E-state index in [1.165, 1.54) is 13.2 Å². The highest BCUT2D eigenvalue weighted by Crippen LogP contribution is 2.25. The third-order valence-electron chi connectivity index (χ3n) is 1.77. The topological polar surface area (TPSA) is 39.2 Å². The van der Waals surface area contributed by atoms with Crippen LogP contribution in [0.25, 0.3) is 0 Å². The lowest BCUT2D eigenvalue weighted by Crippen LogP contribution is -2.01. The maximum atomic E-state index is 12.4. The number of carbonyl (C=O) groups excluding carboxylic acids is 1. The van der Waals surface area contributed by atoms with Crippen LogP contribution in [-0.2, 0) is 0 Å². The zero-order valence-electron chi connectivity index (χ0n) is 7.75. The second-order valence-electron chi connectivity index (χ2n) is 2.71. The van der Waals surface area contributed by atoms with E-state index in [2.05, 4.69) is 4.98 Å². The Balaban J connectivity index is 3.31. The Morgan fingerprint density at radius 3 is 2.64 bits per heavy atom. The summed E-state index contributed by atoms with van der Waals surface area (Å²) in [7, 11) is 1.37. The number of aryl methyl sites for hydroxylation is 1. The van der Waals surface area contributed by atoms with Crippen LogP contribution in [0.3, 0.4) is 0 Å². The summed E-state index contributed by atoms with van der Waals surface area (Å²) < 4.78 is 29.6. The molecule has 0 radical (unpaired) electrons. The molecule has 76 valence electrons. The molecule has 0 atom stereocenters. The number of nitrogens with zero attached hydrogens (tertiary/aromatic N) is 1. The third kappa shape index (κ3) is 1.86. The van der Waals surface area contributed by atoms with E-state index >= 15 is 0 Å². The molecule has 0 saturated carbocycles. The summed E-state index contributed by atoms with van der Waals surface area (Å²) in [6, 6.07) is 1.21. The number of ether oxygens (including phenoxy) is 1. The van der Waals surface area contributed by atoms with Crippen molar-refractivity contribution in [2.75, 3.05) is 7.11 Å². The molecule has 0 fully saturated rings. The van der Waals surface area contributed by atoms with Crippen molar-refractivity contribution < 1.29 is 18.3 Å². The van der Waals surface area contributed by atoms with E-state index in [0.717, 1.165) is 0 Å². The van der Waals surface area contributed by atoms with Crippen molar-refractivity contribution in [2.24, 2.45) is 0 Å². The summed E-state index contributed by atoms with van der Waals surface area (Å²) in [4.78, 5) is 14.1. The molecule has 0 spiro atoms. The van der Waals surface area contributed by atoms with Crippen molar-refractivity contribution in [1.82, 2.24) is 4.98 Å². The molecule has 5 heteroatoms. The minimum Gasteiger partial charge on any atom is -0.481 e. The molecule has 14 heavy (non-hydrogen) atoms. The Labute approximate surface area is 79.7 Å². The van der Waals surface area contributed by atoms with Gasteiger partial charge in [-0.2, -0.15) is 0 Å². The molecule has 0 aliphatic heterocycles. The number of aromatic nitrogens is 1. The molecular weight excluding hydrogens is 192 g/mol. The number of methoxy groups -OCH3 is 1. The Kier molecular flexibility index (Phi) is 3.11. The first-order chi connectivity index (χ1) is 6.60. The van der Waals surface area contributed by atoms with Gasteiger partial charge in [0.25, 0.3) is 6.43 Å². The van der Waals surface area contributed by atoms with Gasteiger partial charge in [-0.25, -0.2) is 13.8 Å². The predicted molar refractivity (Wildman–Crippen MR) is 45.9 cm³/mol. The summed E-state index contributed by atoms with van der Waals surface area (Å²) in [5.74, 6) is 0.191. The maximum Gasteiger partial charge on any atom is 0.266 e. The molecule has 0 aliphatic rings. The molecule has 1 heterocycles. The second-order valence-corrected chi connectivity index (χ2v) is 2.71. The van der Waals surface area contributed by atoms with Gasteiger partial charge in [0.05, 0.1) is 7.11 Å². The fourth-order valence-corrected chi connectivity index (χ4v) is 1.11. The van der Waals surface area contributed by atoms with Crippen LogP contribution in [-0.4, -0.2) is 18.4 Å². The van der Waals surface area contributed by atoms with Crippen LogP contribution in [0.1, 0.15) is 28.0 Å². The third-order valence-corrected chi connectivity index (χ3v) is 1.77. The molecule has 0 aromatic carbocycles. The number of rotatable bonds is 3. The van der Waals surface area contributed by atoms with Crippen LogP contribution >= 0.6 is 0 Å². The van der Waals surface area contributed by atoms with Crippen molar-refractivity contribution in [3.8, 4) is 5.88 Å². The van der Waals surface area contributed by atoms with Crippen LogP contribution in [0.2, 0.25) is 0 Å². The number of alkyl halides is 2. The summed E-state index contributed by atoms with van der Waals surface area (Å²) >= 11 is 0. The average Bonchev–Trinajstić information content (AvgIpc) is 2.17. The van der Waals surface area contributed by atoms with Crippen molar-refractivity contribution in [2.45, 2.75) is 13.3 Å². The zero-order valence-corrected chi connectivity index (χ0v) is 7.75. The first-order valence-electron chi connectivity index (χ1n) is 3.89. The highest BCUT2D eigenvalue weighted by Gasteiger charge is 2.16. The van der Waals surface area contributed by atoms with E-state index < -0.39 is 6.43 Å². The number of carbonyl (C=O) groups is 1. The predicted octanol–water partition coefficient (Wildman–Crippen LogP) is 2.15. The Morgan fingerprint density at radius 1 is 1.57 bits per heavy atom. The molecule has 0 unspecified atom stereocenters. The van der Waals surface area contributed by atoms with Crippen molar-refractivity contribution in [1.29, 1.82) is 0 Å². The molecule has 0 bridgehead atoms. The van der Waals surface area contributed by atoms with Gasteiger partial charge in [-0.15, -0.1) is 0 Å². The molecule has 0 amide bonds. The van der Waals surface area contributed by atoms with E-state index in [9.17, 15) is 13.6 Å². The van der Waals surface area contributed by atoms with E-state index in [1.54, 1.807) is 6.92 Å². The van der Waals surface area contributed by atoms with Gasteiger partial charge in [-0.3, -0.25) is 4.79 Å². The molecule has 1 aromatic rings. The highest BCUT2D eigenvalue weighted by atomic mass is 19.3. The monoisotopic (exact) mass is 201 g/mol. The minimum atomic E-state index is -2.70. The lowest BCUT2D eigenvalue weighted by molar-refractivity contribution is 0.110. The van der Waals surface area contributed by atoms with Crippen LogP contribution < -0.4 is 4.74 Å². The van der Waals surface area contributed by atoms with Crippen molar-refractivity contribution >= 4 is 6.29 Å². The molecule has 0 saturated heterocycles. The molecule has 1 aromatic heterocycles. The van der Waals surface area contributed by atoms with Crippen molar-refractivity contribution in [3.05, 3.63) is 22.9 Å². The van der Waals surface area contributed by atoms with Gasteiger partial charge in [0, 0.05) is 11.1 Å². The smallest absolute Gasteiger partial charge is 0.266 e. The SMILES string of the molecule is COc1nc(C=O)c(C(F)F)cc1C. The van der Waals surface area contributed by atoms with E-state index in [4.69, 9.17) is 4.74 Å². The van der Waals surface area contributed by atoms with Gasteiger partial charge >= 0.3 is 0 Å².